The molecule has 1 amide bonds. The van der Waals surface area contributed by atoms with Crippen molar-refractivity contribution in [3.63, 3.8) is 0 Å². The summed E-state index contributed by atoms with van der Waals surface area (Å²) in [4.78, 5) is 19.3. The van der Waals surface area contributed by atoms with Crippen LogP contribution in [0.2, 0.25) is 10.0 Å². The molecule has 3 aromatic rings. The number of aromatic amines is 1. The van der Waals surface area contributed by atoms with E-state index in [0.29, 0.717) is 31.5 Å². The molecule has 9 heteroatoms. The molecule has 0 aliphatic carbocycles. The highest BCUT2D eigenvalue weighted by atomic mass is 35.5. The van der Waals surface area contributed by atoms with Crippen molar-refractivity contribution in [1.29, 1.82) is 5.26 Å². The van der Waals surface area contributed by atoms with Crippen LogP contribution in [0.25, 0.3) is 21.5 Å². The zero-order valence-corrected chi connectivity index (χ0v) is 13.7. The molecule has 0 saturated heterocycles. The number of nitriles is 1. The van der Waals surface area contributed by atoms with E-state index in [1.807, 2.05) is 6.07 Å². The summed E-state index contributed by atoms with van der Waals surface area (Å²) in [5.41, 5.74) is 12.6. The first-order valence-corrected chi connectivity index (χ1v) is 7.80. The largest absolute Gasteiger partial charge is 0.402 e. The number of hydrogen-bond donors (Lipinski definition) is 2. The van der Waals surface area contributed by atoms with Crippen molar-refractivity contribution >= 4 is 56.3 Å². The average Bonchev–Trinajstić information content (AvgIpc) is 2.86. The second-order valence-corrected chi connectivity index (χ2v) is 6.42. The van der Waals surface area contributed by atoms with Gasteiger partial charge >= 0.3 is 5.82 Å². The van der Waals surface area contributed by atoms with Crippen molar-refractivity contribution in [2.45, 2.75) is 0 Å². The van der Waals surface area contributed by atoms with E-state index >= 15 is 0 Å². The van der Waals surface area contributed by atoms with Gasteiger partial charge in [-0.05, 0) is 23.2 Å². The summed E-state index contributed by atoms with van der Waals surface area (Å²) in [6, 6.07) is 6.88. The van der Waals surface area contributed by atoms with E-state index in [1.165, 1.54) is 0 Å². The lowest BCUT2D eigenvalue weighted by molar-refractivity contribution is -0.350. The maximum absolute atomic E-state index is 11.5. The molecule has 5 N–H and O–H groups in total. The molecule has 6 nitrogen and oxygen atoms in total. The third-order valence-electron chi connectivity index (χ3n) is 3.16. The van der Waals surface area contributed by atoms with Crippen LogP contribution < -0.4 is 16.5 Å². The van der Waals surface area contributed by atoms with Gasteiger partial charge in [-0.15, -0.1) is 0 Å². The number of nitrogens with one attached hydrogen (secondary N) is 1. The van der Waals surface area contributed by atoms with Gasteiger partial charge in [0.15, 0.2) is 16.6 Å². The SMILES string of the molecule is N#Cc1nc(-c2ccc(Cl)c(Cl)c2)c2c(N)c(C(N)=O)sc2[nH+]1. The molecule has 1 aromatic carbocycles. The molecule has 2 heterocycles. The van der Waals surface area contributed by atoms with E-state index < -0.39 is 5.91 Å². The number of rotatable bonds is 2. The second-order valence-electron chi connectivity index (χ2n) is 4.59. The number of anilines is 1. The molecule has 114 valence electrons. The van der Waals surface area contributed by atoms with Gasteiger partial charge in [0.2, 0.25) is 0 Å². The maximum Gasteiger partial charge on any atom is 0.402 e. The summed E-state index contributed by atoms with van der Waals surface area (Å²) in [5, 5.41) is 10.4. The van der Waals surface area contributed by atoms with Crippen LogP contribution in [0.1, 0.15) is 15.5 Å². The summed E-state index contributed by atoms with van der Waals surface area (Å²) in [5.74, 6) is -0.563. The van der Waals surface area contributed by atoms with Gasteiger partial charge in [0.05, 0.1) is 15.7 Å². The van der Waals surface area contributed by atoms with Crippen molar-refractivity contribution in [2.75, 3.05) is 5.73 Å². The molecule has 0 radical (unpaired) electrons. The molecule has 0 fully saturated rings. The average molecular weight is 365 g/mol. The van der Waals surface area contributed by atoms with Crippen molar-refractivity contribution in [3.05, 3.63) is 38.9 Å². The number of H-pyrrole nitrogens is 1. The lowest BCUT2D eigenvalue weighted by Gasteiger charge is -2.01. The molecule has 3 rings (SSSR count). The van der Waals surface area contributed by atoms with Crippen LogP contribution in [0.4, 0.5) is 5.69 Å². The van der Waals surface area contributed by atoms with E-state index in [2.05, 4.69) is 9.97 Å². The molecule has 0 aliphatic rings. The van der Waals surface area contributed by atoms with Gasteiger partial charge in [0.1, 0.15) is 10.3 Å². The Balaban J connectivity index is 2.40. The van der Waals surface area contributed by atoms with Crippen LogP contribution in [0.5, 0.6) is 0 Å². The Morgan fingerprint density at radius 2 is 2.09 bits per heavy atom. The first-order valence-electron chi connectivity index (χ1n) is 6.23. The molecule has 23 heavy (non-hydrogen) atoms. The van der Waals surface area contributed by atoms with Crippen LogP contribution in [0.3, 0.4) is 0 Å². The van der Waals surface area contributed by atoms with Crippen molar-refractivity contribution < 1.29 is 9.78 Å². The Morgan fingerprint density at radius 1 is 1.35 bits per heavy atom. The molecule has 0 unspecified atom stereocenters. The van der Waals surface area contributed by atoms with Crippen molar-refractivity contribution in [1.82, 2.24) is 4.98 Å². The number of amides is 1. The van der Waals surface area contributed by atoms with E-state index in [9.17, 15) is 4.79 Å². The van der Waals surface area contributed by atoms with Crippen LogP contribution in [-0.2, 0) is 0 Å². The highest BCUT2D eigenvalue weighted by Gasteiger charge is 2.25. The Labute approximate surface area is 144 Å². The van der Waals surface area contributed by atoms with Gasteiger partial charge in [-0.25, -0.2) is 4.98 Å². The van der Waals surface area contributed by atoms with Crippen LogP contribution in [-0.4, -0.2) is 10.9 Å². The Hall–Kier alpha value is -2.40. The number of thiophene rings is 1. The standard InChI is InChI=1S/C14H7Cl2N5OS/c15-6-2-1-5(3-7(6)16)11-9-10(18)12(13(19)22)23-14(9)21-8(4-17)20-11/h1-3H,18H2,(H2,19,22)/p+1. The zero-order valence-electron chi connectivity index (χ0n) is 11.4. The topological polar surface area (TPSA) is 120 Å². The summed E-state index contributed by atoms with van der Waals surface area (Å²) in [6.07, 6.45) is 0. The van der Waals surface area contributed by atoms with Crippen LogP contribution in [0, 0.1) is 11.3 Å². The maximum atomic E-state index is 11.5. The number of hydrogen-bond acceptors (Lipinski definition) is 5. The number of primary amides is 1. The predicted molar refractivity (Wildman–Crippen MR) is 89.3 cm³/mol. The first-order chi connectivity index (χ1) is 10.9. The molecule has 0 saturated carbocycles. The van der Waals surface area contributed by atoms with Gasteiger partial charge in [0, 0.05) is 5.56 Å². The Morgan fingerprint density at radius 3 is 2.70 bits per heavy atom. The number of halogens is 2. The molecule has 0 aliphatic heterocycles. The predicted octanol–water partition coefficient (Wildman–Crippen LogP) is 2.64. The number of nitrogens with two attached hydrogens (primary N) is 2. The number of aromatic nitrogens is 2. The summed E-state index contributed by atoms with van der Waals surface area (Å²) < 4.78 is 0. The summed E-state index contributed by atoms with van der Waals surface area (Å²) in [7, 11) is 0. The van der Waals surface area contributed by atoms with Gasteiger partial charge in [-0.2, -0.15) is 5.26 Å². The number of benzene rings is 1. The van der Waals surface area contributed by atoms with Crippen LogP contribution in [0.15, 0.2) is 18.2 Å². The second kappa shape index (κ2) is 5.66. The van der Waals surface area contributed by atoms with E-state index in [-0.39, 0.29) is 16.4 Å². The van der Waals surface area contributed by atoms with E-state index in [4.69, 9.17) is 39.9 Å². The Kier molecular flexibility index (Phi) is 3.82. The number of nitrogens with zero attached hydrogens (tertiary/aromatic N) is 2. The molecular formula is C14H8Cl2N5OS+. The fourth-order valence-electron chi connectivity index (χ4n) is 2.16. The van der Waals surface area contributed by atoms with Crippen LogP contribution >= 0.6 is 34.5 Å². The third kappa shape index (κ3) is 2.57. The van der Waals surface area contributed by atoms with E-state index in [0.717, 1.165) is 11.3 Å². The lowest BCUT2D eigenvalue weighted by Crippen LogP contribution is -2.12. The van der Waals surface area contributed by atoms with Gasteiger partial charge in [-0.1, -0.05) is 34.5 Å². The van der Waals surface area contributed by atoms with Gasteiger partial charge < -0.3 is 11.5 Å². The quantitative estimate of drug-likeness (QED) is 0.725. The van der Waals surface area contributed by atoms with Gasteiger partial charge in [0.25, 0.3) is 5.91 Å². The minimum absolute atomic E-state index is 0.0795. The highest BCUT2D eigenvalue weighted by Crippen LogP contribution is 2.38. The van der Waals surface area contributed by atoms with Gasteiger partial charge in [-0.3, -0.25) is 4.79 Å². The monoisotopic (exact) mass is 364 g/mol. The van der Waals surface area contributed by atoms with Crippen molar-refractivity contribution in [3.8, 4) is 17.3 Å². The fraction of sp³-hybridized carbons (Fsp3) is 0. The number of carbonyl (C=O) groups excluding carboxylic acids is 1. The normalized spacial score (nSPS) is 10.7. The summed E-state index contributed by atoms with van der Waals surface area (Å²) in [6.45, 7) is 0. The lowest BCUT2D eigenvalue weighted by atomic mass is 10.1. The van der Waals surface area contributed by atoms with E-state index in [1.54, 1.807) is 18.2 Å². The molecular weight excluding hydrogens is 357 g/mol. The smallest absolute Gasteiger partial charge is 0.397 e. The molecule has 2 aromatic heterocycles. The minimum Gasteiger partial charge on any atom is -0.397 e. The number of carbonyl (C=O) groups is 1. The highest BCUT2D eigenvalue weighted by molar-refractivity contribution is 7.20. The fourth-order valence-corrected chi connectivity index (χ4v) is 3.43. The zero-order chi connectivity index (χ0) is 16.7. The first kappa shape index (κ1) is 15.5. The van der Waals surface area contributed by atoms with Crippen molar-refractivity contribution in [2.24, 2.45) is 5.73 Å². The molecule has 0 atom stereocenters. The minimum atomic E-state index is -0.643. The third-order valence-corrected chi connectivity index (χ3v) is 5.03. The molecule has 0 spiro atoms. The number of nitrogen functional groups attached to an aromatic ring is 1. The molecule has 0 bridgehead atoms. The number of fused-ring (bicyclic) bond motifs is 1. The Bertz CT molecular complexity index is 1010. The summed E-state index contributed by atoms with van der Waals surface area (Å²) >= 11 is 13.0.